The third kappa shape index (κ3) is 6.38. The molecule has 120 valence electrons. The Morgan fingerprint density at radius 1 is 0.952 bits per heavy atom. The molecule has 0 saturated carbocycles. The number of hydrogen-bond acceptors (Lipinski definition) is 3. The second kappa shape index (κ2) is 9.67. The summed E-state index contributed by atoms with van der Waals surface area (Å²) < 4.78 is 11.5. The first-order valence-electron chi connectivity index (χ1n) is 8.16. The van der Waals surface area contributed by atoms with Crippen molar-refractivity contribution in [3.8, 4) is 11.5 Å². The van der Waals surface area contributed by atoms with Crippen molar-refractivity contribution in [2.24, 2.45) is 5.92 Å². The molecular weight excluding hydrogens is 264 g/mol. The van der Waals surface area contributed by atoms with E-state index in [4.69, 9.17) is 9.47 Å². The summed E-state index contributed by atoms with van der Waals surface area (Å²) in [5, 5.41) is 10.3. The van der Waals surface area contributed by atoms with E-state index in [-0.39, 0.29) is 0 Å². The van der Waals surface area contributed by atoms with Gasteiger partial charge in [0.05, 0.1) is 19.3 Å². The first-order chi connectivity index (χ1) is 10.1. The summed E-state index contributed by atoms with van der Waals surface area (Å²) in [7, 11) is 0. The molecule has 1 unspecified atom stereocenters. The predicted molar refractivity (Wildman–Crippen MR) is 87.0 cm³/mol. The van der Waals surface area contributed by atoms with Crippen LogP contribution < -0.4 is 9.47 Å². The van der Waals surface area contributed by atoms with Gasteiger partial charge in [-0.1, -0.05) is 33.8 Å². The topological polar surface area (TPSA) is 38.7 Å². The second-order valence-corrected chi connectivity index (χ2v) is 5.89. The van der Waals surface area contributed by atoms with E-state index in [2.05, 4.69) is 27.7 Å². The SMILES string of the molecule is CCCOc1ccc(C(O)CCC(C)C)cc1OCCC. The van der Waals surface area contributed by atoms with Crippen LogP contribution in [0.2, 0.25) is 0 Å². The van der Waals surface area contributed by atoms with E-state index < -0.39 is 6.10 Å². The Morgan fingerprint density at radius 3 is 2.14 bits per heavy atom. The molecule has 1 aromatic rings. The Balaban J connectivity index is 2.81. The lowest BCUT2D eigenvalue weighted by Gasteiger charge is -2.17. The quantitative estimate of drug-likeness (QED) is 0.677. The van der Waals surface area contributed by atoms with Crippen LogP contribution in [0.3, 0.4) is 0 Å². The lowest BCUT2D eigenvalue weighted by molar-refractivity contribution is 0.158. The molecule has 1 rings (SSSR count). The van der Waals surface area contributed by atoms with E-state index in [0.717, 1.165) is 42.7 Å². The lowest BCUT2D eigenvalue weighted by atomic mass is 9.99. The maximum atomic E-state index is 10.3. The summed E-state index contributed by atoms with van der Waals surface area (Å²) >= 11 is 0. The zero-order chi connectivity index (χ0) is 15.7. The van der Waals surface area contributed by atoms with E-state index in [0.29, 0.717) is 19.1 Å². The van der Waals surface area contributed by atoms with Crippen molar-refractivity contribution >= 4 is 0 Å². The van der Waals surface area contributed by atoms with Crippen LogP contribution in [-0.2, 0) is 0 Å². The fourth-order valence-electron chi connectivity index (χ4n) is 2.05. The molecule has 0 aliphatic heterocycles. The van der Waals surface area contributed by atoms with Crippen molar-refractivity contribution < 1.29 is 14.6 Å². The average Bonchev–Trinajstić information content (AvgIpc) is 2.48. The van der Waals surface area contributed by atoms with E-state index in [1.54, 1.807) is 0 Å². The fraction of sp³-hybridized carbons (Fsp3) is 0.667. The first kappa shape index (κ1) is 17.8. The van der Waals surface area contributed by atoms with Crippen LogP contribution in [0.1, 0.15) is 65.0 Å². The molecule has 0 amide bonds. The van der Waals surface area contributed by atoms with Crippen LogP contribution in [0.5, 0.6) is 11.5 Å². The average molecular weight is 294 g/mol. The van der Waals surface area contributed by atoms with E-state index >= 15 is 0 Å². The van der Waals surface area contributed by atoms with Crippen LogP contribution in [0.25, 0.3) is 0 Å². The Kier molecular flexibility index (Phi) is 8.21. The first-order valence-corrected chi connectivity index (χ1v) is 8.16. The van der Waals surface area contributed by atoms with Crippen molar-refractivity contribution in [1.82, 2.24) is 0 Å². The number of ether oxygens (including phenoxy) is 2. The van der Waals surface area contributed by atoms with Gasteiger partial charge in [-0.2, -0.15) is 0 Å². The lowest BCUT2D eigenvalue weighted by Crippen LogP contribution is -2.04. The van der Waals surface area contributed by atoms with E-state index in [1.165, 1.54) is 0 Å². The van der Waals surface area contributed by atoms with Gasteiger partial charge in [-0.05, 0) is 49.3 Å². The highest BCUT2D eigenvalue weighted by Crippen LogP contribution is 2.32. The number of rotatable bonds is 10. The molecular formula is C18H30O3. The Labute approximate surface area is 129 Å². The second-order valence-electron chi connectivity index (χ2n) is 5.89. The van der Waals surface area contributed by atoms with Gasteiger partial charge in [0.15, 0.2) is 11.5 Å². The van der Waals surface area contributed by atoms with E-state index in [1.807, 2.05) is 18.2 Å². The summed E-state index contributed by atoms with van der Waals surface area (Å²) in [6.45, 7) is 9.84. The van der Waals surface area contributed by atoms with Crippen molar-refractivity contribution in [3.63, 3.8) is 0 Å². The van der Waals surface area contributed by atoms with Crippen LogP contribution in [-0.4, -0.2) is 18.3 Å². The molecule has 0 bridgehead atoms. The molecule has 1 atom stereocenters. The van der Waals surface area contributed by atoms with Crippen LogP contribution in [0, 0.1) is 5.92 Å². The third-order valence-electron chi connectivity index (χ3n) is 3.29. The van der Waals surface area contributed by atoms with Crippen molar-refractivity contribution in [3.05, 3.63) is 23.8 Å². The standard InChI is InChI=1S/C18H30O3/c1-5-11-20-17-10-8-15(13-18(17)21-12-6-2)16(19)9-7-14(3)4/h8,10,13-14,16,19H,5-7,9,11-12H2,1-4H3. The number of aliphatic hydroxyl groups excluding tert-OH is 1. The molecule has 0 aliphatic carbocycles. The highest BCUT2D eigenvalue weighted by molar-refractivity contribution is 5.43. The minimum Gasteiger partial charge on any atom is -0.490 e. The summed E-state index contributed by atoms with van der Waals surface area (Å²) in [6.07, 6.45) is 3.27. The van der Waals surface area contributed by atoms with Gasteiger partial charge in [-0.25, -0.2) is 0 Å². The maximum Gasteiger partial charge on any atom is 0.161 e. The molecule has 1 aromatic carbocycles. The van der Waals surface area contributed by atoms with Gasteiger partial charge in [0.2, 0.25) is 0 Å². The zero-order valence-electron chi connectivity index (χ0n) is 13.9. The van der Waals surface area contributed by atoms with E-state index in [9.17, 15) is 5.11 Å². The summed E-state index contributed by atoms with van der Waals surface area (Å²) in [4.78, 5) is 0. The normalized spacial score (nSPS) is 12.5. The van der Waals surface area contributed by atoms with Crippen molar-refractivity contribution in [2.45, 2.75) is 59.5 Å². The molecule has 0 aliphatic rings. The monoisotopic (exact) mass is 294 g/mol. The maximum absolute atomic E-state index is 10.3. The van der Waals surface area contributed by atoms with Gasteiger partial charge in [-0.15, -0.1) is 0 Å². The molecule has 0 saturated heterocycles. The number of benzene rings is 1. The Bertz CT molecular complexity index is 401. The Morgan fingerprint density at radius 2 is 1.57 bits per heavy atom. The summed E-state index contributed by atoms with van der Waals surface area (Å²) in [6, 6.07) is 5.77. The largest absolute Gasteiger partial charge is 0.490 e. The van der Waals surface area contributed by atoms with Gasteiger partial charge in [0.1, 0.15) is 0 Å². The smallest absolute Gasteiger partial charge is 0.161 e. The van der Waals surface area contributed by atoms with Gasteiger partial charge >= 0.3 is 0 Å². The number of hydrogen-bond donors (Lipinski definition) is 1. The van der Waals surface area contributed by atoms with Gasteiger partial charge in [0, 0.05) is 0 Å². The summed E-state index contributed by atoms with van der Waals surface area (Å²) in [5.74, 6) is 2.11. The molecule has 3 heteroatoms. The minimum absolute atomic E-state index is 0.434. The highest BCUT2D eigenvalue weighted by atomic mass is 16.5. The molecule has 0 radical (unpaired) electrons. The minimum atomic E-state index is -0.434. The highest BCUT2D eigenvalue weighted by Gasteiger charge is 2.13. The van der Waals surface area contributed by atoms with Gasteiger partial charge in [-0.3, -0.25) is 0 Å². The van der Waals surface area contributed by atoms with Crippen LogP contribution in [0.4, 0.5) is 0 Å². The van der Waals surface area contributed by atoms with Crippen LogP contribution in [0.15, 0.2) is 18.2 Å². The fourth-order valence-corrected chi connectivity index (χ4v) is 2.05. The molecule has 0 heterocycles. The third-order valence-corrected chi connectivity index (χ3v) is 3.29. The molecule has 0 fully saturated rings. The molecule has 0 aromatic heterocycles. The molecule has 0 spiro atoms. The van der Waals surface area contributed by atoms with Gasteiger partial charge in [0.25, 0.3) is 0 Å². The van der Waals surface area contributed by atoms with Crippen LogP contribution >= 0.6 is 0 Å². The Hall–Kier alpha value is -1.22. The van der Waals surface area contributed by atoms with Crippen molar-refractivity contribution in [1.29, 1.82) is 0 Å². The molecule has 21 heavy (non-hydrogen) atoms. The number of aliphatic hydroxyl groups is 1. The molecule has 3 nitrogen and oxygen atoms in total. The van der Waals surface area contributed by atoms with Crippen molar-refractivity contribution in [2.75, 3.05) is 13.2 Å². The zero-order valence-corrected chi connectivity index (χ0v) is 13.9. The summed E-state index contributed by atoms with van der Waals surface area (Å²) in [5.41, 5.74) is 0.908. The van der Waals surface area contributed by atoms with Gasteiger partial charge < -0.3 is 14.6 Å². The predicted octanol–water partition coefficient (Wildman–Crippen LogP) is 4.73. The molecule has 1 N–H and O–H groups in total.